The van der Waals surface area contributed by atoms with Gasteiger partial charge in [-0.25, -0.2) is 4.79 Å². The van der Waals surface area contributed by atoms with Crippen LogP contribution in [-0.4, -0.2) is 32.7 Å². The summed E-state index contributed by atoms with van der Waals surface area (Å²) >= 11 is 6.04. The number of rotatable bonds is 9. The molecule has 3 rings (SSSR count). The van der Waals surface area contributed by atoms with Crippen LogP contribution < -0.4 is 10.1 Å². The second-order valence-corrected chi connectivity index (χ2v) is 7.92. The average Bonchev–Trinajstić information content (AvgIpc) is 3.21. The number of esters is 1. The van der Waals surface area contributed by atoms with E-state index in [2.05, 4.69) is 10.4 Å². The average molecular weight is 487 g/mol. The van der Waals surface area contributed by atoms with Crippen molar-refractivity contribution in [3.63, 3.8) is 0 Å². The highest BCUT2D eigenvalue weighted by atomic mass is 35.5. The lowest BCUT2D eigenvalue weighted by Gasteiger charge is -2.10. The topological polar surface area (TPSA) is 126 Å². The molecule has 0 aliphatic rings. The molecule has 1 amide bonds. The third-order valence-corrected chi connectivity index (χ3v) is 4.90. The second-order valence-electron chi connectivity index (χ2n) is 7.51. The molecule has 0 aliphatic heterocycles. The smallest absolute Gasteiger partial charge is 0.361 e. The molecule has 0 bridgehead atoms. The Bertz CT molecular complexity index is 1210. The van der Waals surface area contributed by atoms with Crippen LogP contribution in [-0.2, 0) is 17.9 Å². The monoisotopic (exact) mass is 486 g/mol. The maximum absolute atomic E-state index is 12.7. The number of benzene rings is 2. The second kappa shape index (κ2) is 10.8. The summed E-state index contributed by atoms with van der Waals surface area (Å²) < 4.78 is 12.4. The number of nitro groups is 1. The zero-order valence-electron chi connectivity index (χ0n) is 18.8. The standard InChI is InChI=1S/C23H23ClN4O6/c1-4-27-12-19(21(26-27)23(30)34-14(2)3)25-22(29)16-7-5-15(6-8-16)13-33-20-10-9-17(28(31)32)11-18(20)24/h5-12,14H,4,13H2,1-3H3,(H,25,29). The Labute approximate surface area is 200 Å². The van der Waals surface area contributed by atoms with E-state index in [1.54, 1.807) is 44.3 Å². The molecule has 0 unspecified atom stereocenters. The van der Waals surface area contributed by atoms with Crippen LogP contribution in [0.3, 0.4) is 0 Å². The Hall–Kier alpha value is -3.92. The number of aryl methyl sites for hydroxylation is 1. The molecule has 2 aromatic carbocycles. The predicted octanol–water partition coefficient (Wildman–Crippen LogP) is 4.86. The summed E-state index contributed by atoms with van der Waals surface area (Å²) in [5.74, 6) is -0.724. The number of nitrogens with zero attached hydrogens (tertiary/aromatic N) is 3. The highest BCUT2D eigenvalue weighted by molar-refractivity contribution is 6.32. The van der Waals surface area contributed by atoms with E-state index in [-0.39, 0.29) is 34.8 Å². The van der Waals surface area contributed by atoms with Gasteiger partial charge in [0.2, 0.25) is 0 Å². The quantitative estimate of drug-likeness (QED) is 0.260. The summed E-state index contributed by atoms with van der Waals surface area (Å²) in [6.07, 6.45) is 1.25. The SMILES string of the molecule is CCn1cc(NC(=O)c2ccc(COc3ccc([N+](=O)[O-])cc3Cl)cc2)c(C(=O)OC(C)C)n1. The molecule has 0 spiro atoms. The number of nitro benzene ring substituents is 1. The first kappa shape index (κ1) is 24.7. The minimum atomic E-state index is -0.616. The summed E-state index contributed by atoms with van der Waals surface area (Å²) in [7, 11) is 0. The van der Waals surface area contributed by atoms with Crippen LogP contribution in [0, 0.1) is 10.1 Å². The molecule has 3 aromatic rings. The number of non-ortho nitro benzene ring substituents is 1. The van der Waals surface area contributed by atoms with Crippen molar-refractivity contribution in [2.24, 2.45) is 0 Å². The maximum atomic E-state index is 12.7. The predicted molar refractivity (Wildman–Crippen MR) is 125 cm³/mol. The molecule has 1 N–H and O–H groups in total. The van der Waals surface area contributed by atoms with Crippen molar-refractivity contribution >= 4 is 34.9 Å². The molecule has 1 aromatic heterocycles. The van der Waals surface area contributed by atoms with E-state index in [1.807, 2.05) is 6.92 Å². The van der Waals surface area contributed by atoms with Crippen molar-refractivity contribution in [3.05, 3.63) is 80.6 Å². The summed E-state index contributed by atoms with van der Waals surface area (Å²) in [4.78, 5) is 35.3. The van der Waals surface area contributed by atoms with E-state index in [4.69, 9.17) is 21.1 Å². The Balaban J connectivity index is 1.66. The van der Waals surface area contributed by atoms with E-state index in [9.17, 15) is 19.7 Å². The molecule has 0 radical (unpaired) electrons. The number of amides is 1. The lowest BCUT2D eigenvalue weighted by molar-refractivity contribution is -0.384. The van der Waals surface area contributed by atoms with Crippen molar-refractivity contribution in [1.29, 1.82) is 0 Å². The highest BCUT2D eigenvalue weighted by Crippen LogP contribution is 2.29. The first-order chi connectivity index (χ1) is 16.2. The molecule has 178 valence electrons. The number of nitrogens with one attached hydrogen (secondary N) is 1. The summed E-state index contributed by atoms with van der Waals surface area (Å²) in [5.41, 5.74) is 1.29. The van der Waals surface area contributed by atoms with Crippen LogP contribution >= 0.6 is 11.6 Å². The van der Waals surface area contributed by atoms with E-state index in [0.29, 0.717) is 17.9 Å². The first-order valence-electron chi connectivity index (χ1n) is 10.4. The van der Waals surface area contributed by atoms with Gasteiger partial charge in [0, 0.05) is 30.4 Å². The van der Waals surface area contributed by atoms with Crippen molar-refractivity contribution in [3.8, 4) is 5.75 Å². The third-order valence-electron chi connectivity index (χ3n) is 4.61. The van der Waals surface area contributed by atoms with Gasteiger partial charge in [-0.15, -0.1) is 0 Å². The van der Waals surface area contributed by atoms with Crippen LogP contribution in [0.2, 0.25) is 5.02 Å². The lowest BCUT2D eigenvalue weighted by atomic mass is 10.1. The van der Waals surface area contributed by atoms with Crippen LogP contribution in [0.15, 0.2) is 48.7 Å². The number of aromatic nitrogens is 2. The van der Waals surface area contributed by atoms with E-state index in [0.717, 1.165) is 5.56 Å². The van der Waals surface area contributed by atoms with Crippen LogP contribution in [0.25, 0.3) is 0 Å². The van der Waals surface area contributed by atoms with Crippen molar-refractivity contribution in [1.82, 2.24) is 9.78 Å². The van der Waals surface area contributed by atoms with Gasteiger partial charge in [0.05, 0.1) is 21.7 Å². The van der Waals surface area contributed by atoms with Gasteiger partial charge in [-0.05, 0) is 44.5 Å². The molecule has 34 heavy (non-hydrogen) atoms. The molecular weight excluding hydrogens is 464 g/mol. The molecular formula is C23H23ClN4O6. The molecule has 10 nitrogen and oxygen atoms in total. The van der Waals surface area contributed by atoms with Gasteiger partial charge in [0.25, 0.3) is 11.6 Å². The summed E-state index contributed by atoms with van der Waals surface area (Å²) in [6.45, 7) is 5.99. The number of carbonyl (C=O) groups is 2. The van der Waals surface area contributed by atoms with Gasteiger partial charge in [0.15, 0.2) is 5.69 Å². The number of hydrogen-bond donors (Lipinski definition) is 1. The normalized spacial score (nSPS) is 10.7. The minimum Gasteiger partial charge on any atom is -0.487 e. The van der Waals surface area contributed by atoms with E-state index >= 15 is 0 Å². The zero-order valence-corrected chi connectivity index (χ0v) is 19.5. The highest BCUT2D eigenvalue weighted by Gasteiger charge is 2.21. The lowest BCUT2D eigenvalue weighted by Crippen LogP contribution is -2.17. The fourth-order valence-corrected chi connectivity index (χ4v) is 3.15. The molecule has 0 aliphatic carbocycles. The Morgan fingerprint density at radius 1 is 1.21 bits per heavy atom. The van der Waals surface area contributed by atoms with Crippen LogP contribution in [0.1, 0.15) is 47.2 Å². The molecule has 0 atom stereocenters. The molecule has 0 fully saturated rings. The van der Waals surface area contributed by atoms with E-state index in [1.165, 1.54) is 22.9 Å². The van der Waals surface area contributed by atoms with Crippen molar-refractivity contribution in [2.75, 3.05) is 5.32 Å². The minimum absolute atomic E-state index is 0.0360. The van der Waals surface area contributed by atoms with Gasteiger partial charge in [-0.1, -0.05) is 23.7 Å². The van der Waals surface area contributed by atoms with Crippen molar-refractivity contribution in [2.45, 2.75) is 40.0 Å². The number of carbonyl (C=O) groups excluding carboxylic acids is 2. The third kappa shape index (κ3) is 6.10. The fourth-order valence-electron chi connectivity index (χ4n) is 2.92. The fraction of sp³-hybridized carbons (Fsp3) is 0.261. The van der Waals surface area contributed by atoms with Gasteiger partial charge in [-0.3, -0.25) is 19.6 Å². The largest absolute Gasteiger partial charge is 0.487 e. The summed E-state index contributed by atoms with van der Waals surface area (Å²) in [6, 6.07) is 10.6. The van der Waals surface area contributed by atoms with Crippen molar-refractivity contribution < 1.29 is 24.0 Å². The Morgan fingerprint density at radius 2 is 1.91 bits per heavy atom. The Morgan fingerprint density at radius 3 is 2.50 bits per heavy atom. The van der Waals surface area contributed by atoms with E-state index < -0.39 is 16.8 Å². The molecule has 11 heteroatoms. The number of hydrogen-bond acceptors (Lipinski definition) is 7. The number of halogens is 1. The first-order valence-corrected chi connectivity index (χ1v) is 10.8. The van der Waals surface area contributed by atoms with Gasteiger partial charge >= 0.3 is 5.97 Å². The summed E-state index contributed by atoms with van der Waals surface area (Å²) in [5, 5.41) is 17.8. The molecule has 1 heterocycles. The zero-order chi connectivity index (χ0) is 24.8. The maximum Gasteiger partial charge on any atom is 0.361 e. The number of ether oxygens (including phenoxy) is 2. The number of anilines is 1. The Kier molecular flexibility index (Phi) is 7.85. The molecule has 0 saturated heterocycles. The van der Waals surface area contributed by atoms with Crippen LogP contribution in [0.4, 0.5) is 11.4 Å². The van der Waals surface area contributed by atoms with Crippen LogP contribution in [0.5, 0.6) is 5.75 Å². The van der Waals surface area contributed by atoms with Gasteiger partial charge in [-0.2, -0.15) is 5.10 Å². The molecule has 0 saturated carbocycles. The van der Waals surface area contributed by atoms with Gasteiger partial charge < -0.3 is 14.8 Å². The van der Waals surface area contributed by atoms with Gasteiger partial charge in [0.1, 0.15) is 12.4 Å².